The Morgan fingerprint density at radius 2 is 2.00 bits per heavy atom. The van der Waals surface area contributed by atoms with Gasteiger partial charge in [-0.1, -0.05) is 6.82 Å². The largest absolute Gasteiger partial charge is 0.359 e. The van der Waals surface area contributed by atoms with Gasteiger partial charge in [0.2, 0.25) is 0 Å². The molecule has 76 valence electrons. The van der Waals surface area contributed by atoms with Crippen LogP contribution in [0.4, 0.5) is 0 Å². The number of nitrogens with one attached hydrogen (secondary N) is 3. The second-order valence-corrected chi connectivity index (χ2v) is 3.82. The van der Waals surface area contributed by atoms with Crippen molar-refractivity contribution in [1.29, 1.82) is 0 Å². The molecule has 0 aliphatic carbocycles. The SMILES string of the molecule is CBNCCC1(N)CNCCNC1. The van der Waals surface area contributed by atoms with Gasteiger partial charge in [-0.2, -0.15) is 0 Å². The van der Waals surface area contributed by atoms with Gasteiger partial charge in [-0.3, -0.25) is 0 Å². The van der Waals surface area contributed by atoms with Crippen LogP contribution in [0.25, 0.3) is 0 Å². The lowest BCUT2D eigenvalue weighted by atomic mass is 9.94. The summed E-state index contributed by atoms with van der Waals surface area (Å²) in [5.74, 6) is 0. The highest BCUT2D eigenvalue weighted by Crippen LogP contribution is 2.04. The highest BCUT2D eigenvalue weighted by atomic mass is 15.1. The minimum Gasteiger partial charge on any atom is -0.359 e. The maximum Gasteiger partial charge on any atom is 0.197 e. The van der Waals surface area contributed by atoms with Crippen molar-refractivity contribution in [1.82, 2.24) is 15.9 Å². The van der Waals surface area contributed by atoms with Crippen LogP contribution in [-0.4, -0.2) is 45.7 Å². The molecule has 0 spiro atoms. The fourth-order valence-corrected chi connectivity index (χ4v) is 1.60. The Morgan fingerprint density at radius 1 is 1.38 bits per heavy atom. The average molecular weight is 184 g/mol. The van der Waals surface area contributed by atoms with E-state index in [0.717, 1.165) is 46.6 Å². The van der Waals surface area contributed by atoms with E-state index >= 15 is 0 Å². The van der Waals surface area contributed by atoms with Gasteiger partial charge in [0.05, 0.1) is 0 Å². The quantitative estimate of drug-likeness (QED) is 0.309. The molecule has 5 heteroatoms. The summed E-state index contributed by atoms with van der Waals surface area (Å²) in [5.41, 5.74) is 6.16. The first-order valence-electron chi connectivity index (χ1n) is 5.18. The molecule has 0 aromatic rings. The minimum absolute atomic E-state index is 0.0708. The molecule has 1 saturated heterocycles. The molecule has 0 saturated carbocycles. The van der Waals surface area contributed by atoms with Gasteiger partial charge in [0.25, 0.3) is 0 Å². The third-order valence-corrected chi connectivity index (χ3v) is 2.48. The van der Waals surface area contributed by atoms with Crippen molar-refractivity contribution < 1.29 is 0 Å². The van der Waals surface area contributed by atoms with Crippen LogP contribution in [0.3, 0.4) is 0 Å². The summed E-state index contributed by atoms with van der Waals surface area (Å²) in [6.07, 6.45) is 1.03. The van der Waals surface area contributed by atoms with Crippen LogP contribution in [0.15, 0.2) is 0 Å². The van der Waals surface area contributed by atoms with E-state index in [0.29, 0.717) is 0 Å². The molecule has 1 heterocycles. The molecule has 1 fully saturated rings. The van der Waals surface area contributed by atoms with Gasteiger partial charge in [0, 0.05) is 31.7 Å². The molecule has 0 aromatic carbocycles. The lowest BCUT2D eigenvalue weighted by molar-refractivity contribution is 0.382. The van der Waals surface area contributed by atoms with Gasteiger partial charge in [-0.15, -0.1) is 0 Å². The fraction of sp³-hybridized carbons (Fsp3) is 1.00. The van der Waals surface area contributed by atoms with Crippen LogP contribution in [0.5, 0.6) is 0 Å². The zero-order chi connectivity index (χ0) is 9.57. The summed E-state index contributed by atoms with van der Waals surface area (Å²) in [6.45, 7) is 7.03. The Kier molecular flexibility index (Phi) is 4.73. The zero-order valence-electron chi connectivity index (χ0n) is 8.53. The Bertz CT molecular complexity index is 134. The van der Waals surface area contributed by atoms with Gasteiger partial charge < -0.3 is 21.6 Å². The second kappa shape index (κ2) is 5.60. The van der Waals surface area contributed by atoms with Crippen LogP contribution in [0.2, 0.25) is 6.82 Å². The van der Waals surface area contributed by atoms with E-state index in [-0.39, 0.29) is 5.54 Å². The van der Waals surface area contributed by atoms with Crippen molar-refractivity contribution in [3.05, 3.63) is 0 Å². The van der Waals surface area contributed by atoms with Crippen molar-refractivity contribution >= 4 is 7.41 Å². The summed E-state index contributed by atoms with van der Waals surface area (Å²) in [5, 5.41) is 10.0. The first-order valence-corrected chi connectivity index (χ1v) is 5.18. The Labute approximate surface area is 81.3 Å². The topological polar surface area (TPSA) is 62.1 Å². The number of nitrogens with two attached hydrogens (primary N) is 1. The van der Waals surface area contributed by atoms with E-state index in [4.69, 9.17) is 5.73 Å². The molecule has 4 nitrogen and oxygen atoms in total. The van der Waals surface area contributed by atoms with Crippen LogP contribution in [-0.2, 0) is 0 Å². The van der Waals surface area contributed by atoms with Gasteiger partial charge in [0.1, 0.15) is 0 Å². The third-order valence-electron chi connectivity index (χ3n) is 2.48. The first kappa shape index (κ1) is 11.0. The molecule has 1 aliphatic rings. The molecule has 0 bridgehead atoms. The second-order valence-electron chi connectivity index (χ2n) is 3.82. The van der Waals surface area contributed by atoms with Gasteiger partial charge in [-0.25, -0.2) is 0 Å². The van der Waals surface area contributed by atoms with Crippen LogP contribution >= 0.6 is 0 Å². The lowest BCUT2D eigenvalue weighted by Crippen LogP contribution is -2.54. The van der Waals surface area contributed by atoms with Crippen LogP contribution in [0.1, 0.15) is 6.42 Å². The normalized spacial score (nSPS) is 22.3. The molecule has 0 atom stereocenters. The average Bonchev–Trinajstić information content (AvgIpc) is 2.31. The van der Waals surface area contributed by atoms with E-state index in [1.807, 2.05) is 0 Å². The predicted molar refractivity (Wildman–Crippen MR) is 58.3 cm³/mol. The summed E-state index contributed by atoms with van der Waals surface area (Å²) in [4.78, 5) is 0. The van der Waals surface area contributed by atoms with Crippen LogP contribution in [0, 0.1) is 0 Å². The van der Waals surface area contributed by atoms with Gasteiger partial charge in [-0.05, 0) is 13.0 Å². The molecule has 0 amide bonds. The summed E-state index contributed by atoms with van der Waals surface area (Å²) in [6, 6.07) is 0. The molecule has 0 unspecified atom stereocenters. The first-order chi connectivity index (χ1) is 6.27. The van der Waals surface area contributed by atoms with Crippen molar-refractivity contribution in [3.63, 3.8) is 0 Å². The standard InChI is InChI=1S/C8H21BN4/c1-9-13-3-2-8(10)6-11-4-5-12-7-8/h9,11-13H,2-7,10H2,1H3. The van der Waals surface area contributed by atoms with Crippen LogP contribution < -0.4 is 21.6 Å². The molecule has 0 radical (unpaired) electrons. The number of hydrogen-bond acceptors (Lipinski definition) is 4. The molecular formula is C8H21BN4. The summed E-state index contributed by atoms with van der Waals surface area (Å²) >= 11 is 0. The Hall–Kier alpha value is -0.0951. The molecule has 5 N–H and O–H groups in total. The van der Waals surface area contributed by atoms with Crippen molar-refractivity contribution in [3.8, 4) is 0 Å². The van der Waals surface area contributed by atoms with Gasteiger partial charge >= 0.3 is 0 Å². The van der Waals surface area contributed by atoms with Crippen molar-refractivity contribution in [2.75, 3.05) is 32.7 Å². The third kappa shape index (κ3) is 4.09. The summed E-state index contributed by atoms with van der Waals surface area (Å²) < 4.78 is 0. The van der Waals surface area contributed by atoms with E-state index < -0.39 is 0 Å². The molecule has 1 aliphatic heterocycles. The van der Waals surface area contributed by atoms with Crippen molar-refractivity contribution in [2.24, 2.45) is 5.73 Å². The van der Waals surface area contributed by atoms with Gasteiger partial charge in [0.15, 0.2) is 7.41 Å². The van der Waals surface area contributed by atoms with E-state index in [1.54, 1.807) is 0 Å². The number of rotatable bonds is 4. The van der Waals surface area contributed by atoms with E-state index in [1.165, 1.54) is 0 Å². The fourth-order valence-electron chi connectivity index (χ4n) is 1.60. The summed E-state index contributed by atoms with van der Waals surface area (Å²) in [7, 11) is 1.02. The van der Waals surface area contributed by atoms with E-state index in [9.17, 15) is 0 Å². The molecular weight excluding hydrogens is 163 g/mol. The molecule has 1 rings (SSSR count). The highest BCUT2D eigenvalue weighted by molar-refractivity contribution is 6.29. The smallest absolute Gasteiger partial charge is 0.197 e. The van der Waals surface area contributed by atoms with E-state index in [2.05, 4.69) is 22.7 Å². The lowest BCUT2D eigenvalue weighted by Gasteiger charge is -2.27. The van der Waals surface area contributed by atoms with Crippen molar-refractivity contribution in [2.45, 2.75) is 18.8 Å². The Morgan fingerprint density at radius 3 is 2.54 bits per heavy atom. The highest BCUT2D eigenvalue weighted by Gasteiger charge is 2.24. The molecule has 0 aromatic heterocycles. The number of hydrogen-bond donors (Lipinski definition) is 4. The Balaban J connectivity index is 2.25. The monoisotopic (exact) mass is 184 g/mol. The zero-order valence-corrected chi connectivity index (χ0v) is 8.53. The molecule has 13 heavy (non-hydrogen) atoms. The minimum atomic E-state index is -0.0708. The maximum absolute atomic E-state index is 6.23. The maximum atomic E-state index is 6.23. The predicted octanol–water partition coefficient (Wildman–Crippen LogP) is -1.74.